The number of rotatable bonds is 7. The molecule has 1 amide bonds. The highest BCUT2D eigenvalue weighted by Crippen LogP contribution is 2.19. The molecule has 26 heavy (non-hydrogen) atoms. The Morgan fingerprint density at radius 3 is 2.65 bits per heavy atom. The van der Waals surface area contributed by atoms with Crippen molar-refractivity contribution in [2.75, 3.05) is 6.54 Å². The van der Waals surface area contributed by atoms with Crippen molar-refractivity contribution < 1.29 is 13.7 Å². The fourth-order valence-corrected chi connectivity index (χ4v) is 2.55. The molecule has 1 aromatic heterocycles. The molecule has 0 aliphatic carbocycles. The van der Waals surface area contributed by atoms with E-state index in [-0.39, 0.29) is 18.1 Å². The molecule has 3 aromatic rings. The smallest absolute Gasteiger partial charge is 0.227 e. The van der Waals surface area contributed by atoms with Gasteiger partial charge in [0.15, 0.2) is 0 Å². The van der Waals surface area contributed by atoms with Crippen LogP contribution in [0.15, 0.2) is 53.1 Å². The van der Waals surface area contributed by atoms with Crippen LogP contribution in [0.3, 0.4) is 0 Å². The maximum absolute atomic E-state index is 13.5. The van der Waals surface area contributed by atoms with Crippen molar-refractivity contribution in [3.63, 3.8) is 0 Å². The van der Waals surface area contributed by atoms with Gasteiger partial charge < -0.3 is 9.84 Å². The zero-order chi connectivity index (χ0) is 18.4. The number of hydrogen-bond acceptors (Lipinski definition) is 4. The number of halogens is 2. The van der Waals surface area contributed by atoms with Gasteiger partial charge in [-0.1, -0.05) is 35.0 Å². The minimum atomic E-state index is -0.262. The largest absolute Gasteiger partial charge is 0.356 e. The third-order valence-corrected chi connectivity index (χ3v) is 4.06. The molecule has 134 valence electrons. The lowest BCUT2D eigenvalue weighted by Crippen LogP contribution is -2.26. The van der Waals surface area contributed by atoms with Crippen LogP contribution in [0.5, 0.6) is 0 Å². The average molecular weight is 374 g/mol. The van der Waals surface area contributed by atoms with Crippen molar-refractivity contribution in [3.05, 3.63) is 70.8 Å². The Morgan fingerprint density at radius 2 is 1.88 bits per heavy atom. The lowest BCUT2D eigenvalue weighted by Gasteiger charge is -2.05. The number of aromatic nitrogens is 2. The van der Waals surface area contributed by atoms with Gasteiger partial charge in [-0.05, 0) is 42.3 Å². The summed E-state index contributed by atoms with van der Waals surface area (Å²) < 4.78 is 18.7. The molecule has 3 rings (SSSR count). The highest BCUT2D eigenvalue weighted by atomic mass is 35.5. The monoisotopic (exact) mass is 373 g/mol. The number of aryl methyl sites for hydroxylation is 1. The van der Waals surface area contributed by atoms with Crippen LogP contribution < -0.4 is 5.32 Å². The summed E-state index contributed by atoms with van der Waals surface area (Å²) in [6.45, 7) is 0.375. The van der Waals surface area contributed by atoms with E-state index in [4.69, 9.17) is 16.1 Å². The van der Waals surface area contributed by atoms with E-state index in [1.165, 1.54) is 6.07 Å². The molecule has 0 atom stereocenters. The standard InChI is InChI=1S/C19H17ClFN3O2/c20-15-7-5-14(6-8-15)19-23-18(26-24-19)10-9-17(25)22-12-11-13-3-1-2-4-16(13)21/h1-8H,9-12H2,(H,22,25). The van der Waals surface area contributed by atoms with Gasteiger partial charge in [-0.2, -0.15) is 4.98 Å². The summed E-state index contributed by atoms with van der Waals surface area (Å²) in [6, 6.07) is 13.6. The molecule has 5 nitrogen and oxygen atoms in total. The topological polar surface area (TPSA) is 68.0 Å². The van der Waals surface area contributed by atoms with Crippen LogP contribution in [0.2, 0.25) is 5.02 Å². The Bertz CT molecular complexity index is 881. The summed E-state index contributed by atoms with van der Waals surface area (Å²) in [5.74, 6) is 0.436. The van der Waals surface area contributed by atoms with Crippen LogP contribution in [-0.4, -0.2) is 22.6 Å². The summed E-state index contributed by atoms with van der Waals surface area (Å²) in [6.07, 6.45) is 1.01. The summed E-state index contributed by atoms with van der Waals surface area (Å²) in [5, 5.41) is 7.30. The Morgan fingerprint density at radius 1 is 1.12 bits per heavy atom. The molecule has 0 aliphatic rings. The van der Waals surface area contributed by atoms with Crippen LogP contribution in [0.4, 0.5) is 4.39 Å². The maximum atomic E-state index is 13.5. The number of hydrogen-bond donors (Lipinski definition) is 1. The third kappa shape index (κ3) is 4.89. The summed E-state index contributed by atoms with van der Waals surface area (Å²) in [4.78, 5) is 16.2. The van der Waals surface area contributed by atoms with Crippen molar-refractivity contribution >= 4 is 17.5 Å². The van der Waals surface area contributed by atoms with E-state index in [0.29, 0.717) is 41.7 Å². The van der Waals surface area contributed by atoms with Gasteiger partial charge in [-0.15, -0.1) is 0 Å². The molecule has 0 saturated carbocycles. The Hall–Kier alpha value is -2.73. The van der Waals surface area contributed by atoms with Gasteiger partial charge in [0.2, 0.25) is 17.6 Å². The first-order valence-corrected chi connectivity index (χ1v) is 8.58. The first-order chi connectivity index (χ1) is 12.6. The Kier molecular flexibility index (Phi) is 5.96. The minimum Gasteiger partial charge on any atom is -0.356 e. The first-order valence-electron chi connectivity index (χ1n) is 8.20. The maximum Gasteiger partial charge on any atom is 0.227 e. The summed E-state index contributed by atoms with van der Waals surface area (Å²) in [7, 11) is 0. The van der Waals surface area contributed by atoms with Crippen molar-refractivity contribution in [2.45, 2.75) is 19.3 Å². The van der Waals surface area contributed by atoms with Crippen LogP contribution in [0.1, 0.15) is 17.9 Å². The summed E-state index contributed by atoms with van der Waals surface area (Å²) >= 11 is 5.85. The van der Waals surface area contributed by atoms with Crippen molar-refractivity contribution in [2.24, 2.45) is 0 Å². The molecular formula is C19H17ClFN3O2. The molecular weight excluding hydrogens is 357 g/mol. The molecule has 0 fully saturated rings. The summed E-state index contributed by atoms with van der Waals surface area (Å²) in [5.41, 5.74) is 1.37. The second-order valence-electron chi connectivity index (χ2n) is 5.71. The molecule has 0 saturated heterocycles. The van der Waals surface area contributed by atoms with Crippen LogP contribution in [0, 0.1) is 5.82 Å². The van der Waals surface area contributed by atoms with Gasteiger partial charge in [-0.3, -0.25) is 4.79 Å². The number of benzene rings is 2. The zero-order valence-corrected chi connectivity index (χ0v) is 14.7. The van der Waals surface area contributed by atoms with E-state index in [0.717, 1.165) is 5.56 Å². The van der Waals surface area contributed by atoms with Gasteiger partial charge in [0, 0.05) is 30.0 Å². The van der Waals surface area contributed by atoms with Gasteiger partial charge >= 0.3 is 0 Å². The quantitative estimate of drug-likeness (QED) is 0.683. The lowest BCUT2D eigenvalue weighted by atomic mass is 10.1. The normalized spacial score (nSPS) is 10.7. The molecule has 0 aliphatic heterocycles. The molecule has 0 spiro atoms. The number of carbonyl (C=O) groups is 1. The zero-order valence-electron chi connectivity index (χ0n) is 13.9. The van der Waals surface area contributed by atoms with Crippen molar-refractivity contribution in [1.82, 2.24) is 15.5 Å². The highest BCUT2D eigenvalue weighted by Gasteiger charge is 2.11. The lowest BCUT2D eigenvalue weighted by molar-refractivity contribution is -0.121. The van der Waals surface area contributed by atoms with Gasteiger partial charge in [0.1, 0.15) is 5.82 Å². The second kappa shape index (κ2) is 8.58. The predicted molar refractivity (Wildman–Crippen MR) is 96.2 cm³/mol. The second-order valence-corrected chi connectivity index (χ2v) is 6.15. The van der Waals surface area contributed by atoms with E-state index in [9.17, 15) is 9.18 Å². The fourth-order valence-electron chi connectivity index (χ4n) is 2.42. The van der Waals surface area contributed by atoms with E-state index >= 15 is 0 Å². The minimum absolute atomic E-state index is 0.146. The SMILES string of the molecule is O=C(CCc1nc(-c2ccc(Cl)cc2)no1)NCCc1ccccc1F. The van der Waals surface area contributed by atoms with Gasteiger partial charge in [0.05, 0.1) is 0 Å². The molecule has 0 unspecified atom stereocenters. The van der Waals surface area contributed by atoms with Crippen molar-refractivity contribution in [1.29, 1.82) is 0 Å². The Labute approximate surface area is 155 Å². The van der Waals surface area contributed by atoms with E-state index in [2.05, 4.69) is 15.5 Å². The Balaban J connectivity index is 1.45. The fraction of sp³-hybridized carbons (Fsp3) is 0.211. The van der Waals surface area contributed by atoms with Crippen molar-refractivity contribution in [3.8, 4) is 11.4 Å². The first kappa shape index (κ1) is 18.1. The number of nitrogens with one attached hydrogen (secondary N) is 1. The number of amides is 1. The van der Waals surface area contributed by atoms with Crippen LogP contribution in [0.25, 0.3) is 11.4 Å². The molecule has 0 bridgehead atoms. The molecule has 2 aromatic carbocycles. The average Bonchev–Trinajstić information content (AvgIpc) is 3.11. The number of nitrogens with zero attached hydrogens (tertiary/aromatic N) is 2. The predicted octanol–water partition coefficient (Wildman–Crippen LogP) is 3.82. The van der Waals surface area contributed by atoms with Gasteiger partial charge in [0.25, 0.3) is 0 Å². The highest BCUT2D eigenvalue weighted by molar-refractivity contribution is 6.30. The van der Waals surface area contributed by atoms with Crippen LogP contribution in [-0.2, 0) is 17.6 Å². The molecule has 1 N–H and O–H groups in total. The molecule has 1 heterocycles. The van der Waals surface area contributed by atoms with Crippen LogP contribution >= 0.6 is 11.6 Å². The van der Waals surface area contributed by atoms with E-state index in [1.54, 1.807) is 42.5 Å². The van der Waals surface area contributed by atoms with E-state index in [1.807, 2.05) is 0 Å². The number of carbonyl (C=O) groups excluding carboxylic acids is 1. The van der Waals surface area contributed by atoms with E-state index < -0.39 is 0 Å². The molecule has 0 radical (unpaired) electrons. The molecule has 7 heteroatoms. The van der Waals surface area contributed by atoms with Gasteiger partial charge in [-0.25, -0.2) is 4.39 Å². The third-order valence-electron chi connectivity index (χ3n) is 3.81.